The number of nitrogens with one attached hydrogen (secondary N) is 2. The van der Waals surface area contributed by atoms with Gasteiger partial charge in [-0.25, -0.2) is 4.79 Å². The Kier molecular flexibility index (Phi) is 5.06. The number of carbonyl (C=O) groups excluding carboxylic acids is 2. The first kappa shape index (κ1) is 17.7. The van der Waals surface area contributed by atoms with Crippen molar-refractivity contribution in [1.82, 2.24) is 19.8 Å². The summed E-state index contributed by atoms with van der Waals surface area (Å²) in [5.74, 6) is -0.287. The zero-order chi connectivity index (χ0) is 18.7. The van der Waals surface area contributed by atoms with Gasteiger partial charge in [0.25, 0.3) is 11.5 Å². The number of furan rings is 1. The van der Waals surface area contributed by atoms with Crippen molar-refractivity contribution in [2.75, 3.05) is 13.1 Å². The molecule has 9 heteroatoms. The summed E-state index contributed by atoms with van der Waals surface area (Å²) < 4.78 is 6.29. The van der Waals surface area contributed by atoms with Gasteiger partial charge in [0.2, 0.25) is 5.91 Å². The van der Waals surface area contributed by atoms with Crippen LogP contribution in [0.15, 0.2) is 38.6 Å². The molecule has 9 nitrogen and oxygen atoms in total. The van der Waals surface area contributed by atoms with Crippen molar-refractivity contribution in [3.8, 4) is 0 Å². The summed E-state index contributed by atoms with van der Waals surface area (Å²) in [5, 5.41) is 2.84. The van der Waals surface area contributed by atoms with Gasteiger partial charge in [-0.2, -0.15) is 0 Å². The van der Waals surface area contributed by atoms with E-state index in [1.165, 1.54) is 12.5 Å². The third kappa shape index (κ3) is 3.93. The second kappa shape index (κ2) is 7.42. The van der Waals surface area contributed by atoms with Crippen LogP contribution in [0.5, 0.6) is 0 Å². The number of aromatic amines is 1. The lowest BCUT2D eigenvalue weighted by atomic mass is 10.1. The van der Waals surface area contributed by atoms with Crippen molar-refractivity contribution in [2.45, 2.75) is 32.4 Å². The van der Waals surface area contributed by atoms with Gasteiger partial charge in [0.1, 0.15) is 6.54 Å². The summed E-state index contributed by atoms with van der Waals surface area (Å²) in [6.07, 6.45) is 4.30. The van der Waals surface area contributed by atoms with Crippen LogP contribution < -0.4 is 16.6 Å². The second-order valence-electron chi connectivity index (χ2n) is 6.33. The predicted octanol–water partition coefficient (Wildman–Crippen LogP) is -0.141. The summed E-state index contributed by atoms with van der Waals surface area (Å²) in [5.41, 5.74) is -0.745. The molecule has 3 heterocycles. The fourth-order valence-corrected chi connectivity index (χ4v) is 3.00. The molecule has 2 amide bonds. The van der Waals surface area contributed by atoms with E-state index in [-0.39, 0.29) is 30.2 Å². The standard InChI is InChI=1S/C17H20N4O5/c1-11-8-21(17(25)19-15(11)23)10-14(22)18-12-4-2-6-20(9-12)16(24)13-5-3-7-26-13/h3,5,7-8,12H,2,4,6,9-10H2,1H3,(H,18,22)(H,19,23,25). The van der Waals surface area contributed by atoms with Crippen molar-refractivity contribution in [1.29, 1.82) is 0 Å². The van der Waals surface area contributed by atoms with Gasteiger partial charge in [0.15, 0.2) is 5.76 Å². The van der Waals surface area contributed by atoms with Gasteiger partial charge in [-0.3, -0.25) is 23.9 Å². The Morgan fingerprint density at radius 2 is 2.19 bits per heavy atom. The number of rotatable bonds is 4. The van der Waals surface area contributed by atoms with Crippen LogP contribution in [0.3, 0.4) is 0 Å². The fourth-order valence-electron chi connectivity index (χ4n) is 3.00. The van der Waals surface area contributed by atoms with E-state index in [0.29, 0.717) is 18.7 Å². The van der Waals surface area contributed by atoms with Gasteiger partial charge in [0.05, 0.1) is 6.26 Å². The van der Waals surface area contributed by atoms with E-state index < -0.39 is 11.2 Å². The Balaban J connectivity index is 1.61. The molecular weight excluding hydrogens is 340 g/mol. The highest BCUT2D eigenvalue weighted by atomic mass is 16.3. The van der Waals surface area contributed by atoms with Crippen molar-refractivity contribution >= 4 is 11.8 Å². The molecular formula is C17H20N4O5. The summed E-state index contributed by atoms with van der Waals surface area (Å²) in [4.78, 5) is 51.5. The topological polar surface area (TPSA) is 117 Å². The zero-order valence-electron chi connectivity index (χ0n) is 14.4. The lowest BCUT2D eigenvalue weighted by Crippen LogP contribution is -2.50. The van der Waals surface area contributed by atoms with Crippen molar-refractivity contribution in [3.05, 3.63) is 56.8 Å². The number of amides is 2. The Bertz CT molecular complexity index is 912. The smallest absolute Gasteiger partial charge is 0.328 e. The molecule has 0 radical (unpaired) electrons. The number of carbonyl (C=O) groups is 2. The first-order valence-electron chi connectivity index (χ1n) is 8.36. The van der Waals surface area contributed by atoms with E-state index in [1.54, 1.807) is 24.0 Å². The number of H-pyrrole nitrogens is 1. The Morgan fingerprint density at radius 1 is 1.38 bits per heavy atom. The van der Waals surface area contributed by atoms with Gasteiger partial charge >= 0.3 is 5.69 Å². The number of hydrogen-bond acceptors (Lipinski definition) is 5. The number of aromatic nitrogens is 2. The van der Waals surface area contributed by atoms with Gasteiger partial charge in [-0.1, -0.05) is 0 Å². The third-order valence-corrected chi connectivity index (χ3v) is 4.31. The second-order valence-corrected chi connectivity index (χ2v) is 6.33. The Morgan fingerprint density at radius 3 is 2.92 bits per heavy atom. The zero-order valence-corrected chi connectivity index (χ0v) is 14.4. The first-order valence-corrected chi connectivity index (χ1v) is 8.36. The molecule has 0 bridgehead atoms. The van der Waals surface area contributed by atoms with Crippen molar-refractivity contribution in [2.24, 2.45) is 0 Å². The first-order chi connectivity index (χ1) is 12.4. The van der Waals surface area contributed by atoms with Gasteiger partial charge in [0, 0.05) is 30.9 Å². The molecule has 1 atom stereocenters. The highest BCUT2D eigenvalue weighted by Crippen LogP contribution is 2.14. The highest BCUT2D eigenvalue weighted by molar-refractivity contribution is 5.91. The normalized spacial score (nSPS) is 17.1. The molecule has 1 aliphatic rings. The molecule has 0 spiro atoms. The van der Waals surface area contributed by atoms with Crippen LogP contribution in [0.2, 0.25) is 0 Å². The third-order valence-electron chi connectivity index (χ3n) is 4.31. The molecule has 2 aromatic heterocycles. The fraction of sp³-hybridized carbons (Fsp3) is 0.412. The van der Waals surface area contributed by atoms with E-state index in [0.717, 1.165) is 17.4 Å². The summed E-state index contributed by atoms with van der Waals surface area (Å²) in [6, 6.07) is 3.06. The average Bonchev–Trinajstić information content (AvgIpc) is 3.14. The van der Waals surface area contributed by atoms with Gasteiger partial charge in [-0.05, 0) is 31.9 Å². The van der Waals surface area contributed by atoms with Crippen molar-refractivity contribution in [3.63, 3.8) is 0 Å². The molecule has 2 aromatic rings. The van der Waals surface area contributed by atoms with Gasteiger partial charge in [-0.15, -0.1) is 0 Å². The maximum atomic E-state index is 12.3. The average molecular weight is 360 g/mol. The predicted molar refractivity (Wildman–Crippen MR) is 91.8 cm³/mol. The number of piperidine rings is 1. The maximum Gasteiger partial charge on any atom is 0.328 e. The molecule has 1 saturated heterocycles. The van der Waals surface area contributed by atoms with E-state index >= 15 is 0 Å². The van der Waals surface area contributed by atoms with Crippen molar-refractivity contribution < 1.29 is 14.0 Å². The van der Waals surface area contributed by atoms with Gasteiger partial charge < -0.3 is 14.6 Å². The summed E-state index contributed by atoms with van der Waals surface area (Å²) in [7, 11) is 0. The molecule has 2 N–H and O–H groups in total. The summed E-state index contributed by atoms with van der Waals surface area (Å²) in [6.45, 7) is 2.35. The largest absolute Gasteiger partial charge is 0.459 e. The van der Waals surface area contributed by atoms with Crippen LogP contribution in [0, 0.1) is 6.92 Å². The molecule has 1 aliphatic heterocycles. The minimum atomic E-state index is -0.631. The van der Waals surface area contributed by atoms with Crippen LogP contribution in [0.1, 0.15) is 29.0 Å². The minimum absolute atomic E-state index is 0.195. The molecule has 138 valence electrons. The molecule has 26 heavy (non-hydrogen) atoms. The maximum absolute atomic E-state index is 12.3. The highest BCUT2D eigenvalue weighted by Gasteiger charge is 2.26. The molecule has 3 rings (SSSR count). The van der Waals surface area contributed by atoms with E-state index in [1.807, 2.05) is 0 Å². The van der Waals surface area contributed by atoms with E-state index in [4.69, 9.17) is 4.42 Å². The molecule has 0 saturated carbocycles. The SMILES string of the molecule is Cc1cn(CC(=O)NC2CCCN(C(=O)c3ccco3)C2)c(=O)[nH]c1=O. The van der Waals surface area contributed by atoms with Crippen LogP contribution in [-0.4, -0.2) is 45.4 Å². The molecule has 1 unspecified atom stereocenters. The van der Waals surface area contributed by atoms with Crippen LogP contribution in [0.25, 0.3) is 0 Å². The number of nitrogens with zero attached hydrogens (tertiary/aromatic N) is 2. The number of likely N-dealkylation sites (tertiary alicyclic amines) is 1. The van der Waals surface area contributed by atoms with Crippen LogP contribution in [-0.2, 0) is 11.3 Å². The quantitative estimate of drug-likeness (QED) is 0.787. The lowest BCUT2D eigenvalue weighted by Gasteiger charge is -2.32. The number of aryl methyl sites for hydroxylation is 1. The molecule has 1 fully saturated rings. The monoisotopic (exact) mass is 360 g/mol. The van der Waals surface area contributed by atoms with Crippen LogP contribution >= 0.6 is 0 Å². The molecule has 0 aliphatic carbocycles. The lowest BCUT2D eigenvalue weighted by molar-refractivity contribution is -0.122. The summed E-state index contributed by atoms with van der Waals surface area (Å²) >= 11 is 0. The van der Waals surface area contributed by atoms with E-state index in [9.17, 15) is 19.2 Å². The Hall–Kier alpha value is -3.10. The van der Waals surface area contributed by atoms with E-state index in [2.05, 4.69) is 10.3 Å². The molecule has 0 aromatic carbocycles. The van der Waals surface area contributed by atoms with Crippen LogP contribution in [0.4, 0.5) is 0 Å². The Labute approximate surface area is 148 Å². The number of hydrogen-bond donors (Lipinski definition) is 2. The minimum Gasteiger partial charge on any atom is -0.459 e.